The highest BCUT2D eigenvalue weighted by Gasteiger charge is 2.18. The van der Waals surface area contributed by atoms with Crippen LogP contribution in [0.1, 0.15) is 10.5 Å². The van der Waals surface area contributed by atoms with Crippen LogP contribution in [0.15, 0.2) is 54.7 Å². The monoisotopic (exact) mass is 252 g/mol. The van der Waals surface area contributed by atoms with E-state index in [-0.39, 0.29) is 0 Å². The van der Waals surface area contributed by atoms with Crippen LogP contribution in [0.3, 0.4) is 0 Å². The third kappa shape index (κ3) is 1.86. The molecule has 0 saturated carbocycles. The molecule has 0 aliphatic rings. The number of hydrogen-bond acceptors (Lipinski definition) is 3. The number of nitrogens with zero attached hydrogens (tertiary/aromatic N) is 2. The number of imidazole rings is 1. The van der Waals surface area contributed by atoms with Gasteiger partial charge in [0.1, 0.15) is 5.65 Å². The SMILES string of the molecule is NNC(=O)c1nc2ccccn2c1-c1ccccc1. The van der Waals surface area contributed by atoms with E-state index in [1.165, 1.54) is 0 Å². The molecule has 0 unspecified atom stereocenters. The molecule has 94 valence electrons. The van der Waals surface area contributed by atoms with Crippen molar-refractivity contribution in [2.24, 2.45) is 5.84 Å². The fourth-order valence-electron chi connectivity index (χ4n) is 2.09. The molecular formula is C14H12N4O. The van der Waals surface area contributed by atoms with Crippen LogP contribution in [0.5, 0.6) is 0 Å². The zero-order valence-corrected chi connectivity index (χ0v) is 10.1. The predicted molar refractivity (Wildman–Crippen MR) is 72.3 cm³/mol. The molecule has 3 N–H and O–H groups in total. The Balaban J connectivity index is 2.34. The number of carbonyl (C=O) groups is 1. The van der Waals surface area contributed by atoms with Crippen molar-refractivity contribution in [3.8, 4) is 11.3 Å². The van der Waals surface area contributed by atoms with Gasteiger partial charge in [-0.05, 0) is 12.1 Å². The van der Waals surface area contributed by atoms with Crippen LogP contribution in [0, 0.1) is 0 Å². The van der Waals surface area contributed by atoms with Gasteiger partial charge < -0.3 is 0 Å². The first-order chi connectivity index (χ1) is 9.31. The first kappa shape index (κ1) is 11.4. The van der Waals surface area contributed by atoms with Gasteiger partial charge in [-0.2, -0.15) is 0 Å². The molecule has 1 amide bonds. The van der Waals surface area contributed by atoms with Gasteiger partial charge in [0.2, 0.25) is 0 Å². The second kappa shape index (κ2) is 4.55. The highest BCUT2D eigenvalue weighted by Crippen LogP contribution is 2.24. The average molecular weight is 252 g/mol. The van der Waals surface area contributed by atoms with Crippen LogP contribution in [0.4, 0.5) is 0 Å². The van der Waals surface area contributed by atoms with Crippen LogP contribution in [-0.2, 0) is 0 Å². The number of hydrazine groups is 1. The molecule has 5 heteroatoms. The first-order valence-corrected chi connectivity index (χ1v) is 5.84. The Labute approximate surface area is 109 Å². The lowest BCUT2D eigenvalue weighted by Crippen LogP contribution is -2.30. The summed E-state index contributed by atoms with van der Waals surface area (Å²) in [5.41, 5.74) is 4.82. The van der Waals surface area contributed by atoms with Crippen molar-refractivity contribution in [3.05, 3.63) is 60.4 Å². The van der Waals surface area contributed by atoms with Crippen LogP contribution >= 0.6 is 0 Å². The summed E-state index contributed by atoms with van der Waals surface area (Å²) in [6, 6.07) is 15.2. The first-order valence-electron chi connectivity index (χ1n) is 5.84. The van der Waals surface area contributed by atoms with Gasteiger partial charge in [0.15, 0.2) is 5.69 Å². The van der Waals surface area contributed by atoms with E-state index in [1.807, 2.05) is 59.1 Å². The number of hydrogen-bond donors (Lipinski definition) is 2. The maximum atomic E-state index is 11.9. The third-order valence-electron chi connectivity index (χ3n) is 2.92. The Hall–Kier alpha value is -2.66. The van der Waals surface area contributed by atoms with Gasteiger partial charge in [-0.15, -0.1) is 0 Å². The number of nitrogens with one attached hydrogen (secondary N) is 1. The van der Waals surface area contributed by atoms with E-state index in [2.05, 4.69) is 10.4 Å². The van der Waals surface area contributed by atoms with Gasteiger partial charge in [-0.3, -0.25) is 14.6 Å². The molecule has 3 aromatic rings. The van der Waals surface area contributed by atoms with Crippen molar-refractivity contribution in [2.75, 3.05) is 0 Å². The minimum atomic E-state index is -0.400. The van der Waals surface area contributed by atoms with Crippen molar-refractivity contribution in [1.29, 1.82) is 0 Å². The molecule has 0 spiro atoms. The van der Waals surface area contributed by atoms with Gasteiger partial charge in [0, 0.05) is 11.8 Å². The Bertz CT molecular complexity index is 734. The summed E-state index contributed by atoms with van der Waals surface area (Å²) in [6.07, 6.45) is 1.87. The number of fused-ring (bicyclic) bond motifs is 1. The lowest BCUT2D eigenvalue weighted by atomic mass is 10.1. The van der Waals surface area contributed by atoms with E-state index in [4.69, 9.17) is 5.84 Å². The lowest BCUT2D eigenvalue weighted by molar-refractivity contribution is 0.0950. The number of aromatic nitrogens is 2. The molecule has 2 heterocycles. The Kier molecular flexibility index (Phi) is 2.74. The van der Waals surface area contributed by atoms with Crippen molar-refractivity contribution in [1.82, 2.24) is 14.8 Å². The summed E-state index contributed by atoms with van der Waals surface area (Å²) in [7, 11) is 0. The van der Waals surface area contributed by atoms with Gasteiger partial charge in [-0.25, -0.2) is 10.8 Å². The minimum absolute atomic E-state index is 0.319. The topological polar surface area (TPSA) is 72.4 Å². The summed E-state index contributed by atoms with van der Waals surface area (Å²) in [5.74, 6) is 4.82. The standard InChI is InChI=1S/C14H12N4O/c15-17-14(19)12-13(10-6-2-1-3-7-10)18-9-5-4-8-11(18)16-12/h1-9H,15H2,(H,17,19). The van der Waals surface area contributed by atoms with Crippen LogP contribution in [0.2, 0.25) is 0 Å². The Morgan fingerprint density at radius 3 is 2.58 bits per heavy atom. The van der Waals surface area contributed by atoms with E-state index >= 15 is 0 Å². The zero-order valence-electron chi connectivity index (χ0n) is 10.1. The normalized spacial score (nSPS) is 10.6. The molecule has 2 aromatic heterocycles. The van der Waals surface area contributed by atoms with Gasteiger partial charge in [0.05, 0.1) is 5.69 Å². The van der Waals surface area contributed by atoms with Crippen molar-refractivity contribution >= 4 is 11.6 Å². The molecule has 1 aromatic carbocycles. The van der Waals surface area contributed by atoms with Crippen LogP contribution < -0.4 is 11.3 Å². The Morgan fingerprint density at radius 2 is 1.84 bits per heavy atom. The van der Waals surface area contributed by atoms with Crippen molar-refractivity contribution in [3.63, 3.8) is 0 Å². The summed E-state index contributed by atoms with van der Waals surface area (Å²) in [5, 5.41) is 0. The third-order valence-corrected chi connectivity index (χ3v) is 2.92. The van der Waals surface area contributed by atoms with Crippen LogP contribution in [0.25, 0.3) is 16.9 Å². The maximum absolute atomic E-state index is 11.9. The van der Waals surface area contributed by atoms with E-state index in [9.17, 15) is 4.79 Å². The fourth-order valence-corrected chi connectivity index (χ4v) is 2.09. The summed E-state index contributed by atoms with van der Waals surface area (Å²) >= 11 is 0. The number of pyridine rings is 1. The molecule has 5 nitrogen and oxygen atoms in total. The maximum Gasteiger partial charge on any atom is 0.286 e. The summed E-state index contributed by atoms with van der Waals surface area (Å²) in [4.78, 5) is 16.2. The molecule has 0 aliphatic heterocycles. The second-order valence-corrected chi connectivity index (χ2v) is 4.08. The number of nitrogens with two attached hydrogens (primary N) is 1. The minimum Gasteiger partial charge on any atom is -0.299 e. The second-order valence-electron chi connectivity index (χ2n) is 4.08. The largest absolute Gasteiger partial charge is 0.299 e. The average Bonchev–Trinajstić information content (AvgIpc) is 2.86. The van der Waals surface area contributed by atoms with E-state index in [0.29, 0.717) is 11.3 Å². The van der Waals surface area contributed by atoms with E-state index < -0.39 is 5.91 Å². The molecule has 3 rings (SSSR count). The molecule has 0 fully saturated rings. The molecule has 0 aliphatic carbocycles. The molecule has 0 atom stereocenters. The van der Waals surface area contributed by atoms with Gasteiger partial charge in [-0.1, -0.05) is 36.4 Å². The van der Waals surface area contributed by atoms with Crippen molar-refractivity contribution in [2.45, 2.75) is 0 Å². The smallest absolute Gasteiger partial charge is 0.286 e. The fraction of sp³-hybridized carbons (Fsp3) is 0. The number of carbonyl (C=O) groups excluding carboxylic acids is 1. The lowest BCUT2D eigenvalue weighted by Gasteiger charge is -2.04. The number of rotatable bonds is 2. The van der Waals surface area contributed by atoms with E-state index in [0.717, 1.165) is 11.3 Å². The Morgan fingerprint density at radius 1 is 1.11 bits per heavy atom. The van der Waals surface area contributed by atoms with Gasteiger partial charge in [0.25, 0.3) is 5.91 Å². The predicted octanol–water partition coefficient (Wildman–Crippen LogP) is 1.60. The molecule has 0 saturated heterocycles. The highest BCUT2D eigenvalue weighted by atomic mass is 16.2. The zero-order chi connectivity index (χ0) is 13.2. The van der Waals surface area contributed by atoms with Crippen LogP contribution in [-0.4, -0.2) is 15.3 Å². The number of nitrogen functional groups attached to an aromatic ring is 1. The van der Waals surface area contributed by atoms with Crippen molar-refractivity contribution < 1.29 is 4.79 Å². The molecule has 19 heavy (non-hydrogen) atoms. The molecule has 0 bridgehead atoms. The molecular weight excluding hydrogens is 240 g/mol. The highest BCUT2D eigenvalue weighted by molar-refractivity contribution is 5.99. The molecule has 0 radical (unpaired) electrons. The van der Waals surface area contributed by atoms with E-state index in [1.54, 1.807) is 0 Å². The van der Waals surface area contributed by atoms with Gasteiger partial charge >= 0.3 is 0 Å². The number of benzene rings is 1. The summed E-state index contributed by atoms with van der Waals surface area (Å²) in [6.45, 7) is 0. The summed E-state index contributed by atoms with van der Waals surface area (Å²) < 4.78 is 1.87. The quantitative estimate of drug-likeness (QED) is 0.413. The number of amides is 1.